The van der Waals surface area contributed by atoms with Gasteiger partial charge in [0, 0.05) is 19.6 Å². The third-order valence-electron chi connectivity index (χ3n) is 3.11. The van der Waals surface area contributed by atoms with Gasteiger partial charge in [0.2, 0.25) is 0 Å². The molecule has 1 heterocycles. The van der Waals surface area contributed by atoms with Crippen LogP contribution in [0.2, 0.25) is 0 Å². The molecule has 4 nitrogen and oxygen atoms in total. The van der Waals surface area contributed by atoms with Crippen LogP contribution in [0.5, 0.6) is 0 Å². The predicted octanol–water partition coefficient (Wildman–Crippen LogP) is 1.21. The zero-order chi connectivity index (χ0) is 11.5. The number of nitrogens with zero attached hydrogens (tertiary/aromatic N) is 1. The van der Waals surface area contributed by atoms with E-state index in [4.69, 9.17) is 0 Å². The summed E-state index contributed by atoms with van der Waals surface area (Å²) < 4.78 is 27.5. The second kappa shape index (κ2) is 5.27. The van der Waals surface area contributed by atoms with Gasteiger partial charge in [-0.25, -0.2) is 4.72 Å². The molecule has 0 aromatic rings. The zero-order valence-electron chi connectivity index (χ0n) is 9.86. The average Bonchev–Trinajstić information content (AvgIpc) is 2.18. The molecule has 1 saturated heterocycles. The van der Waals surface area contributed by atoms with E-state index in [0.717, 1.165) is 12.8 Å². The Morgan fingerprint density at radius 1 is 1.33 bits per heavy atom. The molecule has 1 fully saturated rings. The van der Waals surface area contributed by atoms with Gasteiger partial charge in [-0.15, -0.1) is 0 Å². The van der Waals surface area contributed by atoms with Crippen LogP contribution in [0.3, 0.4) is 0 Å². The summed E-state index contributed by atoms with van der Waals surface area (Å²) >= 11 is 0. The molecular formula is C10H22N2O2S. The van der Waals surface area contributed by atoms with Crippen LogP contribution in [-0.2, 0) is 10.2 Å². The van der Waals surface area contributed by atoms with Crippen molar-refractivity contribution in [1.82, 2.24) is 9.03 Å². The van der Waals surface area contributed by atoms with Crippen LogP contribution in [0.4, 0.5) is 0 Å². The minimum Gasteiger partial charge on any atom is -0.202 e. The van der Waals surface area contributed by atoms with Crippen molar-refractivity contribution < 1.29 is 8.42 Å². The van der Waals surface area contributed by atoms with E-state index in [1.54, 1.807) is 11.2 Å². The van der Waals surface area contributed by atoms with Gasteiger partial charge in [-0.2, -0.15) is 12.7 Å². The third kappa shape index (κ3) is 3.43. The molecule has 15 heavy (non-hydrogen) atoms. The summed E-state index contributed by atoms with van der Waals surface area (Å²) in [5.74, 6) is 1.34. The van der Waals surface area contributed by atoms with Crippen LogP contribution in [0.25, 0.3) is 0 Å². The van der Waals surface area contributed by atoms with Crippen LogP contribution >= 0.6 is 0 Å². The van der Waals surface area contributed by atoms with Gasteiger partial charge >= 0.3 is 0 Å². The molecular weight excluding hydrogens is 212 g/mol. The molecule has 0 aromatic heterocycles. The first-order valence-electron chi connectivity index (χ1n) is 5.72. The van der Waals surface area contributed by atoms with Gasteiger partial charge in [0.1, 0.15) is 0 Å². The third-order valence-corrected chi connectivity index (χ3v) is 4.81. The van der Waals surface area contributed by atoms with Gasteiger partial charge in [0.25, 0.3) is 10.2 Å². The lowest BCUT2D eigenvalue weighted by Crippen LogP contribution is -2.45. The molecule has 0 aromatic carbocycles. The first kappa shape index (κ1) is 12.9. The Labute approximate surface area is 93.2 Å². The minimum atomic E-state index is -3.20. The van der Waals surface area contributed by atoms with Crippen LogP contribution in [-0.4, -0.2) is 32.4 Å². The highest BCUT2D eigenvalue weighted by Gasteiger charge is 2.28. The Morgan fingerprint density at radius 2 is 1.87 bits per heavy atom. The lowest BCUT2D eigenvalue weighted by Gasteiger charge is -2.32. The van der Waals surface area contributed by atoms with E-state index in [1.165, 1.54) is 0 Å². The fourth-order valence-electron chi connectivity index (χ4n) is 2.06. The molecule has 0 unspecified atom stereocenters. The zero-order valence-corrected chi connectivity index (χ0v) is 10.7. The van der Waals surface area contributed by atoms with Crippen molar-refractivity contribution in [2.45, 2.75) is 33.6 Å². The van der Waals surface area contributed by atoms with Gasteiger partial charge in [0.05, 0.1) is 0 Å². The highest BCUT2D eigenvalue weighted by molar-refractivity contribution is 7.87. The van der Waals surface area contributed by atoms with Gasteiger partial charge in [-0.1, -0.05) is 20.8 Å². The largest absolute Gasteiger partial charge is 0.279 e. The van der Waals surface area contributed by atoms with Gasteiger partial charge in [-0.3, -0.25) is 0 Å². The van der Waals surface area contributed by atoms with E-state index < -0.39 is 10.2 Å². The molecule has 0 spiro atoms. The molecule has 1 N–H and O–H groups in total. The predicted molar refractivity (Wildman–Crippen MR) is 61.7 cm³/mol. The molecule has 1 aliphatic rings. The SMILES string of the molecule is CCNS(=O)(=O)N1CCC(C(C)C)CC1. The van der Waals surface area contributed by atoms with E-state index in [9.17, 15) is 8.42 Å². The molecule has 0 bridgehead atoms. The highest BCUT2D eigenvalue weighted by Crippen LogP contribution is 2.25. The maximum atomic E-state index is 11.7. The quantitative estimate of drug-likeness (QED) is 0.795. The van der Waals surface area contributed by atoms with Crippen LogP contribution in [0.15, 0.2) is 0 Å². The monoisotopic (exact) mass is 234 g/mol. The molecule has 0 aliphatic carbocycles. The smallest absolute Gasteiger partial charge is 0.202 e. The number of piperidine rings is 1. The summed E-state index contributed by atoms with van der Waals surface area (Å²) in [6, 6.07) is 0. The van der Waals surface area contributed by atoms with Gasteiger partial charge in [0.15, 0.2) is 0 Å². The second-order valence-corrected chi connectivity index (χ2v) is 6.24. The topological polar surface area (TPSA) is 49.4 Å². The molecule has 1 aliphatic heterocycles. The number of rotatable bonds is 4. The lowest BCUT2D eigenvalue weighted by molar-refractivity contribution is 0.225. The number of hydrogen-bond donors (Lipinski definition) is 1. The Morgan fingerprint density at radius 3 is 2.27 bits per heavy atom. The van der Waals surface area contributed by atoms with E-state index in [0.29, 0.717) is 31.5 Å². The van der Waals surface area contributed by atoms with Crippen molar-refractivity contribution in [3.8, 4) is 0 Å². The normalized spacial score (nSPS) is 21.1. The van der Waals surface area contributed by atoms with Gasteiger partial charge in [-0.05, 0) is 24.7 Å². The van der Waals surface area contributed by atoms with Crippen molar-refractivity contribution in [2.24, 2.45) is 11.8 Å². The maximum Gasteiger partial charge on any atom is 0.279 e. The molecule has 90 valence electrons. The van der Waals surface area contributed by atoms with Gasteiger partial charge < -0.3 is 0 Å². The van der Waals surface area contributed by atoms with Crippen LogP contribution in [0, 0.1) is 11.8 Å². The summed E-state index contributed by atoms with van der Waals surface area (Å²) in [7, 11) is -3.20. The van der Waals surface area contributed by atoms with Crippen molar-refractivity contribution in [1.29, 1.82) is 0 Å². The van der Waals surface area contributed by atoms with Crippen molar-refractivity contribution >= 4 is 10.2 Å². The Kier molecular flexibility index (Phi) is 4.55. The van der Waals surface area contributed by atoms with Crippen molar-refractivity contribution in [2.75, 3.05) is 19.6 Å². The second-order valence-electron chi connectivity index (χ2n) is 4.48. The molecule has 0 radical (unpaired) electrons. The van der Waals surface area contributed by atoms with E-state index in [-0.39, 0.29) is 0 Å². The summed E-state index contributed by atoms with van der Waals surface area (Å²) in [5, 5.41) is 0. The number of hydrogen-bond acceptors (Lipinski definition) is 2. The molecule has 0 saturated carbocycles. The van der Waals surface area contributed by atoms with Crippen molar-refractivity contribution in [3.05, 3.63) is 0 Å². The first-order valence-corrected chi connectivity index (χ1v) is 7.16. The Balaban J connectivity index is 2.50. The van der Waals surface area contributed by atoms with Crippen LogP contribution < -0.4 is 4.72 Å². The highest BCUT2D eigenvalue weighted by atomic mass is 32.2. The lowest BCUT2D eigenvalue weighted by atomic mass is 9.87. The maximum absolute atomic E-state index is 11.7. The molecule has 5 heteroatoms. The fourth-order valence-corrected chi connectivity index (χ4v) is 3.30. The Bertz CT molecular complexity index is 280. The van der Waals surface area contributed by atoms with E-state index in [2.05, 4.69) is 18.6 Å². The minimum absolute atomic E-state index is 0.465. The van der Waals surface area contributed by atoms with E-state index >= 15 is 0 Å². The number of nitrogens with one attached hydrogen (secondary N) is 1. The first-order chi connectivity index (χ1) is 6.97. The molecule has 0 atom stereocenters. The van der Waals surface area contributed by atoms with Crippen LogP contribution in [0.1, 0.15) is 33.6 Å². The molecule has 0 amide bonds. The summed E-state index contributed by atoms with van der Waals surface area (Å²) in [6.07, 6.45) is 1.98. The Hall–Kier alpha value is -0.130. The summed E-state index contributed by atoms with van der Waals surface area (Å²) in [4.78, 5) is 0. The summed E-state index contributed by atoms with van der Waals surface area (Å²) in [5.41, 5.74) is 0. The summed E-state index contributed by atoms with van der Waals surface area (Å²) in [6.45, 7) is 8.01. The standard InChI is InChI=1S/C10H22N2O2S/c1-4-11-15(13,14)12-7-5-10(6-8-12)9(2)3/h9-11H,4-8H2,1-3H3. The molecule has 1 rings (SSSR count). The van der Waals surface area contributed by atoms with E-state index in [1.807, 2.05) is 0 Å². The fraction of sp³-hybridized carbons (Fsp3) is 1.00. The average molecular weight is 234 g/mol. The van der Waals surface area contributed by atoms with Crippen molar-refractivity contribution in [3.63, 3.8) is 0 Å².